The van der Waals surface area contributed by atoms with Crippen molar-refractivity contribution in [2.24, 2.45) is 0 Å². The third kappa shape index (κ3) is 5.14. The van der Waals surface area contributed by atoms with Crippen LogP contribution in [0.3, 0.4) is 0 Å². The predicted octanol–water partition coefficient (Wildman–Crippen LogP) is 4.67. The molecule has 0 saturated heterocycles. The fourth-order valence-corrected chi connectivity index (χ4v) is 2.14. The van der Waals surface area contributed by atoms with Crippen molar-refractivity contribution >= 4 is 15.9 Å². The zero-order chi connectivity index (χ0) is 15.1. The van der Waals surface area contributed by atoms with Gasteiger partial charge in [-0.15, -0.1) is 0 Å². The smallest absolute Gasteiger partial charge is 0.141 e. The Hall–Kier alpha value is -1.39. The lowest BCUT2D eigenvalue weighted by molar-refractivity contribution is 0.304. The summed E-state index contributed by atoms with van der Waals surface area (Å²) in [4.78, 5) is 0. The van der Waals surface area contributed by atoms with Crippen molar-refractivity contribution in [1.29, 1.82) is 0 Å². The number of hydrogen-bond acceptors (Lipinski definition) is 2. The van der Waals surface area contributed by atoms with Gasteiger partial charge in [0, 0.05) is 12.6 Å². The summed E-state index contributed by atoms with van der Waals surface area (Å²) in [6, 6.07) is 13.0. The number of halogens is 2. The lowest BCUT2D eigenvalue weighted by Gasteiger charge is -2.08. The van der Waals surface area contributed by atoms with Crippen LogP contribution < -0.4 is 10.1 Å². The van der Waals surface area contributed by atoms with E-state index in [1.165, 1.54) is 11.6 Å². The zero-order valence-corrected chi connectivity index (χ0v) is 13.6. The number of ether oxygens (including phenoxy) is 1. The van der Waals surface area contributed by atoms with E-state index in [1.54, 1.807) is 12.1 Å². The van der Waals surface area contributed by atoms with Gasteiger partial charge in [0.1, 0.15) is 18.2 Å². The van der Waals surface area contributed by atoms with Crippen LogP contribution in [-0.4, -0.2) is 6.54 Å². The molecule has 0 heterocycles. The number of nitrogens with one attached hydrogen (secondary N) is 1. The summed E-state index contributed by atoms with van der Waals surface area (Å²) in [5.41, 5.74) is 2.32. The Bertz CT molecular complexity index is 572. The molecule has 0 aliphatic heterocycles. The fourth-order valence-electron chi connectivity index (χ4n) is 1.90. The van der Waals surface area contributed by atoms with Crippen molar-refractivity contribution in [3.05, 3.63) is 63.9 Å². The molecule has 0 atom stereocenters. The Kier molecular flexibility index (Phi) is 6.21. The maximum Gasteiger partial charge on any atom is 0.141 e. The molecule has 2 aromatic carbocycles. The molecule has 0 aliphatic rings. The highest BCUT2D eigenvalue weighted by Gasteiger charge is 2.02. The van der Waals surface area contributed by atoms with Crippen molar-refractivity contribution in [2.75, 3.05) is 6.54 Å². The minimum absolute atomic E-state index is 0.315. The maximum atomic E-state index is 13.4. The monoisotopic (exact) mass is 351 g/mol. The second kappa shape index (κ2) is 8.15. The molecule has 2 aromatic rings. The summed E-state index contributed by atoms with van der Waals surface area (Å²) in [5.74, 6) is 0.217. The van der Waals surface area contributed by atoms with Crippen LogP contribution in [0.25, 0.3) is 0 Å². The number of hydrogen-bond donors (Lipinski definition) is 1. The first-order chi connectivity index (χ1) is 10.2. The van der Waals surface area contributed by atoms with Gasteiger partial charge in [0.15, 0.2) is 0 Å². The van der Waals surface area contributed by atoms with Crippen molar-refractivity contribution in [3.8, 4) is 5.75 Å². The summed E-state index contributed by atoms with van der Waals surface area (Å²) in [5, 5.41) is 3.36. The predicted molar refractivity (Wildman–Crippen MR) is 86.9 cm³/mol. The van der Waals surface area contributed by atoms with Gasteiger partial charge >= 0.3 is 0 Å². The van der Waals surface area contributed by atoms with Gasteiger partial charge in [-0.1, -0.05) is 31.2 Å². The molecule has 21 heavy (non-hydrogen) atoms. The highest BCUT2D eigenvalue weighted by Crippen LogP contribution is 2.21. The summed E-state index contributed by atoms with van der Waals surface area (Å²) in [6.45, 7) is 4.50. The molecule has 112 valence electrons. The standard InChI is InChI=1S/C17H19BrFNO/c1-2-9-20-11-13-3-5-14(6-4-13)12-21-15-7-8-16(18)17(19)10-15/h3-8,10,20H,2,9,11-12H2,1H3. The lowest BCUT2D eigenvalue weighted by Crippen LogP contribution is -2.13. The van der Waals surface area contributed by atoms with Crippen LogP contribution in [0.1, 0.15) is 24.5 Å². The van der Waals surface area contributed by atoms with Gasteiger partial charge in [0.05, 0.1) is 4.47 Å². The Morgan fingerprint density at radius 3 is 2.48 bits per heavy atom. The molecule has 0 spiro atoms. The molecule has 0 aliphatic carbocycles. The van der Waals surface area contributed by atoms with E-state index < -0.39 is 0 Å². The molecule has 0 radical (unpaired) electrons. The quantitative estimate of drug-likeness (QED) is 0.732. The van der Waals surface area contributed by atoms with Gasteiger partial charge in [-0.05, 0) is 52.2 Å². The van der Waals surface area contributed by atoms with Crippen LogP contribution in [0, 0.1) is 5.82 Å². The molecule has 1 N–H and O–H groups in total. The molecule has 2 nitrogen and oxygen atoms in total. The summed E-state index contributed by atoms with van der Waals surface area (Å²) in [7, 11) is 0. The topological polar surface area (TPSA) is 21.3 Å². The molecule has 4 heteroatoms. The summed E-state index contributed by atoms with van der Waals surface area (Å²) in [6.07, 6.45) is 1.13. The van der Waals surface area contributed by atoms with E-state index >= 15 is 0 Å². The normalized spacial score (nSPS) is 10.6. The first kappa shape index (κ1) is 16.0. The van der Waals surface area contributed by atoms with Gasteiger partial charge in [0.25, 0.3) is 0 Å². The van der Waals surface area contributed by atoms with Crippen LogP contribution in [0.2, 0.25) is 0 Å². The van der Waals surface area contributed by atoms with Gasteiger partial charge in [-0.25, -0.2) is 4.39 Å². The van der Waals surface area contributed by atoms with E-state index in [0.29, 0.717) is 16.8 Å². The van der Waals surface area contributed by atoms with E-state index in [-0.39, 0.29) is 5.82 Å². The maximum absolute atomic E-state index is 13.4. The summed E-state index contributed by atoms with van der Waals surface area (Å²) >= 11 is 3.12. The van der Waals surface area contributed by atoms with Crippen LogP contribution in [0.15, 0.2) is 46.9 Å². The van der Waals surface area contributed by atoms with Gasteiger partial charge in [-0.3, -0.25) is 0 Å². The molecular formula is C17H19BrFNO. The number of rotatable bonds is 7. The Morgan fingerprint density at radius 2 is 1.81 bits per heavy atom. The highest BCUT2D eigenvalue weighted by molar-refractivity contribution is 9.10. The first-order valence-electron chi connectivity index (χ1n) is 7.05. The molecule has 0 saturated carbocycles. The van der Waals surface area contributed by atoms with E-state index in [0.717, 1.165) is 25.1 Å². The Morgan fingerprint density at radius 1 is 1.10 bits per heavy atom. The average molecular weight is 352 g/mol. The van der Waals surface area contributed by atoms with E-state index in [4.69, 9.17) is 4.74 Å². The molecular weight excluding hydrogens is 333 g/mol. The van der Waals surface area contributed by atoms with Gasteiger partial charge < -0.3 is 10.1 Å². The second-order valence-electron chi connectivity index (χ2n) is 4.86. The summed E-state index contributed by atoms with van der Waals surface area (Å²) < 4.78 is 19.4. The molecule has 0 fully saturated rings. The largest absolute Gasteiger partial charge is 0.489 e. The molecule has 2 rings (SSSR count). The lowest BCUT2D eigenvalue weighted by atomic mass is 10.1. The zero-order valence-electron chi connectivity index (χ0n) is 12.0. The highest BCUT2D eigenvalue weighted by atomic mass is 79.9. The SMILES string of the molecule is CCCNCc1ccc(COc2ccc(Br)c(F)c2)cc1. The van der Waals surface area contributed by atoms with Crippen LogP contribution >= 0.6 is 15.9 Å². The van der Waals surface area contributed by atoms with E-state index in [9.17, 15) is 4.39 Å². The third-order valence-corrected chi connectivity index (χ3v) is 3.72. The Labute approximate surface area is 133 Å². The minimum atomic E-state index is -0.315. The molecule has 0 unspecified atom stereocenters. The van der Waals surface area contributed by atoms with Gasteiger partial charge in [-0.2, -0.15) is 0 Å². The minimum Gasteiger partial charge on any atom is -0.489 e. The van der Waals surface area contributed by atoms with Crippen molar-refractivity contribution < 1.29 is 9.13 Å². The van der Waals surface area contributed by atoms with E-state index in [2.05, 4.69) is 40.3 Å². The molecule has 0 aromatic heterocycles. The average Bonchev–Trinajstić information content (AvgIpc) is 2.50. The van der Waals surface area contributed by atoms with Crippen LogP contribution in [0.5, 0.6) is 5.75 Å². The molecule has 0 bridgehead atoms. The first-order valence-corrected chi connectivity index (χ1v) is 7.84. The Balaban J connectivity index is 1.86. The van der Waals surface area contributed by atoms with Gasteiger partial charge in [0.2, 0.25) is 0 Å². The van der Waals surface area contributed by atoms with E-state index in [1.807, 2.05) is 12.1 Å². The van der Waals surface area contributed by atoms with Crippen LogP contribution in [0.4, 0.5) is 4.39 Å². The van der Waals surface area contributed by atoms with Crippen molar-refractivity contribution in [3.63, 3.8) is 0 Å². The molecule has 0 amide bonds. The number of benzene rings is 2. The second-order valence-corrected chi connectivity index (χ2v) is 5.71. The fraction of sp³-hybridized carbons (Fsp3) is 0.294. The van der Waals surface area contributed by atoms with Crippen molar-refractivity contribution in [2.45, 2.75) is 26.5 Å². The third-order valence-electron chi connectivity index (χ3n) is 3.08. The van der Waals surface area contributed by atoms with Crippen LogP contribution in [-0.2, 0) is 13.2 Å². The van der Waals surface area contributed by atoms with Crippen molar-refractivity contribution in [1.82, 2.24) is 5.32 Å².